The first-order valence-electron chi connectivity index (χ1n) is 6.53. The Morgan fingerprint density at radius 1 is 1.24 bits per heavy atom. The molecule has 106 valence electrons. The Morgan fingerprint density at radius 3 is 2.90 bits per heavy atom. The Hall–Kier alpha value is -2.82. The maximum absolute atomic E-state index is 13.8. The number of aromatic amines is 1. The van der Waals surface area contributed by atoms with E-state index in [-0.39, 0.29) is 11.3 Å². The number of carbonyl (C=O) groups excluding carboxylic acids is 1. The molecular weight excluding hydrogens is 269 g/mol. The molecule has 1 aromatic heterocycles. The summed E-state index contributed by atoms with van der Waals surface area (Å²) in [6.45, 7) is 0.441. The van der Waals surface area contributed by atoms with E-state index < -0.39 is 11.7 Å². The number of hydrogen-bond acceptors (Lipinski definition) is 2. The van der Waals surface area contributed by atoms with Crippen molar-refractivity contribution < 1.29 is 9.18 Å². The fourth-order valence-corrected chi connectivity index (χ4v) is 2.30. The third kappa shape index (κ3) is 2.58. The van der Waals surface area contributed by atoms with E-state index in [1.54, 1.807) is 0 Å². The van der Waals surface area contributed by atoms with Gasteiger partial charge in [-0.1, -0.05) is 18.2 Å². The van der Waals surface area contributed by atoms with Gasteiger partial charge in [0.25, 0.3) is 0 Å². The van der Waals surface area contributed by atoms with Crippen LogP contribution >= 0.6 is 0 Å². The Bertz CT molecular complexity index is 810. The molecule has 0 aliphatic rings. The van der Waals surface area contributed by atoms with Gasteiger partial charge in [-0.25, -0.2) is 4.39 Å². The van der Waals surface area contributed by atoms with Gasteiger partial charge in [-0.05, 0) is 35.2 Å². The van der Waals surface area contributed by atoms with Crippen molar-refractivity contribution in [2.24, 2.45) is 5.73 Å². The van der Waals surface area contributed by atoms with E-state index in [1.807, 2.05) is 30.5 Å². The Morgan fingerprint density at radius 2 is 2.10 bits per heavy atom. The normalized spacial score (nSPS) is 10.7. The molecule has 0 aliphatic carbocycles. The number of nitrogens with two attached hydrogens (primary N) is 1. The number of aromatic nitrogens is 1. The molecule has 21 heavy (non-hydrogen) atoms. The molecule has 0 radical (unpaired) electrons. The zero-order chi connectivity index (χ0) is 14.8. The molecule has 0 unspecified atom stereocenters. The molecule has 0 atom stereocenters. The van der Waals surface area contributed by atoms with Gasteiger partial charge in [0, 0.05) is 18.3 Å². The minimum Gasteiger partial charge on any atom is -0.379 e. The summed E-state index contributed by atoms with van der Waals surface area (Å²) in [4.78, 5) is 14.3. The second-order valence-corrected chi connectivity index (χ2v) is 4.77. The topological polar surface area (TPSA) is 70.9 Å². The Labute approximate surface area is 120 Å². The van der Waals surface area contributed by atoms with Crippen molar-refractivity contribution in [2.45, 2.75) is 6.54 Å². The minimum atomic E-state index is -0.579. The number of rotatable bonds is 4. The maximum atomic E-state index is 13.8. The summed E-state index contributed by atoms with van der Waals surface area (Å²) in [5.41, 5.74) is 7.77. The van der Waals surface area contributed by atoms with Gasteiger partial charge in [0.1, 0.15) is 5.82 Å². The summed E-state index contributed by atoms with van der Waals surface area (Å²) in [6.07, 6.45) is 1.86. The van der Waals surface area contributed by atoms with Crippen LogP contribution in [-0.2, 0) is 6.54 Å². The average molecular weight is 283 g/mol. The van der Waals surface area contributed by atoms with Crippen LogP contribution in [0.5, 0.6) is 0 Å². The summed E-state index contributed by atoms with van der Waals surface area (Å²) in [6, 6.07) is 11.9. The van der Waals surface area contributed by atoms with E-state index >= 15 is 0 Å². The quantitative estimate of drug-likeness (QED) is 0.688. The lowest BCUT2D eigenvalue weighted by atomic mass is 10.1. The lowest BCUT2D eigenvalue weighted by Crippen LogP contribution is -2.12. The van der Waals surface area contributed by atoms with Gasteiger partial charge in [-0.2, -0.15) is 0 Å². The van der Waals surface area contributed by atoms with Crippen LogP contribution in [0.15, 0.2) is 48.7 Å². The second kappa shape index (κ2) is 5.28. The molecule has 1 heterocycles. The monoisotopic (exact) mass is 283 g/mol. The zero-order valence-corrected chi connectivity index (χ0v) is 11.2. The van der Waals surface area contributed by atoms with Gasteiger partial charge in [-0.15, -0.1) is 0 Å². The van der Waals surface area contributed by atoms with Crippen molar-refractivity contribution in [1.82, 2.24) is 4.98 Å². The van der Waals surface area contributed by atoms with Crippen LogP contribution in [0, 0.1) is 5.82 Å². The highest BCUT2D eigenvalue weighted by atomic mass is 19.1. The molecule has 3 rings (SSSR count). The number of para-hydroxylation sites is 1. The standard InChI is InChI=1S/C16H14FN3O/c17-13-5-4-11(16(18)21)8-14(13)20-9-12-3-1-2-10-6-7-19-15(10)12/h1-8,19-20H,9H2,(H2,18,21). The molecule has 2 aromatic carbocycles. The third-order valence-electron chi connectivity index (χ3n) is 3.39. The summed E-state index contributed by atoms with van der Waals surface area (Å²) in [5, 5.41) is 4.10. The lowest BCUT2D eigenvalue weighted by molar-refractivity contribution is 0.100. The van der Waals surface area contributed by atoms with Crippen LogP contribution in [0.3, 0.4) is 0 Å². The van der Waals surface area contributed by atoms with Crippen LogP contribution in [0.2, 0.25) is 0 Å². The van der Waals surface area contributed by atoms with E-state index in [9.17, 15) is 9.18 Å². The first-order valence-corrected chi connectivity index (χ1v) is 6.53. The molecule has 1 amide bonds. The van der Waals surface area contributed by atoms with Crippen molar-refractivity contribution >= 4 is 22.5 Å². The number of H-pyrrole nitrogens is 1. The summed E-state index contributed by atoms with van der Waals surface area (Å²) in [5.74, 6) is -0.997. The van der Waals surface area contributed by atoms with Crippen molar-refractivity contribution in [3.63, 3.8) is 0 Å². The number of benzene rings is 2. The fraction of sp³-hybridized carbons (Fsp3) is 0.0625. The van der Waals surface area contributed by atoms with Gasteiger partial charge in [-0.3, -0.25) is 4.79 Å². The first kappa shape index (κ1) is 13.2. The molecule has 4 N–H and O–H groups in total. The predicted octanol–water partition coefficient (Wildman–Crippen LogP) is 3.02. The van der Waals surface area contributed by atoms with Crippen LogP contribution in [0.1, 0.15) is 15.9 Å². The highest BCUT2D eigenvalue weighted by Crippen LogP contribution is 2.20. The summed E-state index contributed by atoms with van der Waals surface area (Å²) >= 11 is 0. The van der Waals surface area contributed by atoms with Crippen molar-refractivity contribution in [3.05, 3.63) is 65.6 Å². The molecule has 3 aromatic rings. The maximum Gasteiger partial charge on any atom is 0.248 e. The number of amides is 1. The number of fused-ring (bicyclic) bond motifs is 1. The van der Waals surface area contributed by atoms with Crippen molar-refractivity contribution in [2.75, 3.05) is 5.32 Å². The number of halogens is 1. The van der Waals surface area contributed by atoms with Gasteiger partial charge in [0.05, 0.1) is 11.2 Å². The van der Waals surface area contributed by atoms with Crippen LogP contribution < -0.4 is 11.1 Å². The zero-order valence-electron chi connectivity index (χ0n) is 11.2. The second-order valence-electron chi connectivity index (χ2n) is 4.77. The van der Waals surface area contributed by atoms with E-state index in [0.29, 0.717) is 6.54 Å². The van der Waals surface area contributed by atoms with Crippen molar-refractivity contribution in [1.29, 1.82) is 0 Å². The number of anilines is 1. The summed E-state index contributed by atoms with van der Waals surface area (Å²) in [7, 11) is 0. The van der Waals surface area contributed by atoms with Crippen molar-refractivity contribution in [3.8, 4) is 0 Å². The van der Waals surface area contributed by atoms with Crippen LogP contribution in [-0.4, -0.2) is 10.9 Å². The highest BCUT2D eigenvalue weighted by molar-refractivity contribution is 5.93. The molecule has 0 fully saturated rings. The molecule has 5 heteroatoms. The smallest absolute Gasteiger partial charge is 0.248 e. The number of nitrogens with one attached hydrogen (secondary N) is 2. The third-order valence-corrected chi connectivity index (χ3v) is 3.39. The SMILES string of the molecule is NC(=O)c1ccc(F)c(NCc2cccc3cc[nH]c23)c1. The largest absolute Gasteiger partial charge is 0.379 e. The Balaban J connectivity index is 1.86. The molecule has 0 saturated heterocycles. The minimum absolute atomic E-state index is 0.259. The molecular formula is C16H14FN3O. The van der Waals surface area contributed by atoms with Gasteiger partial charge >= 0.3 is 0 Å². The van der Waals surface area contributed by atoms with Gasteiger partial charge in [0.2, 0.25) is 5.91 Å². The highest BCUT2D eigenvalue weighted by Gasteiger charge is 2.08. The van der Waals surface area contributed by atoms with Crippen LogP contribution in [0.4, 0.5) is 10.1 Å². The van der Waals surface area contributed by atoms with Gasteiger partial charge < -0.3 is 16.0 Å². The average Bonchev–Trinajstić information content (AvgIpc) is 2.95. The van der Waals surface area contributed by atoms with E-state index in [0.717, 1.165) is 16.5 Å². The van der Waals surface area contributed by atoms with E-state index in [1.165, 1.54) is 18.2 Å². The fourth-order valence-electron chi connectivity index (χ4n) is 2.30. The molecule has 0 bridgehead atoms. The summed E-state index contributed by atoms with van der Waals surface area (Å²) < 4.78 is 13.8. The van der Waals surface area contributed by atoms with Crippen LogP contribution in [0.25, 0.3) is 10.9 Å². The Kier molecular flexibility index (Phi) is 3.31. The molecule has 4 nitrogen and oxygen atoms in total. The van der Waals surface area contributed by atoms with E-state index in [2.05, 4.69) is 10.3 Å². The molecule has 0 aliphatic heterocycles. The predicted molar refractivity (Wildman–Crippen MR) is 80.5 cm³/mol. The molecule has 0 spiro atoms. The molecule has 0 saturated carbocycles. The first-order chi connectivity index (χ1) is 10.1. The lowest BCUT2D eigenvalue weighted by Gasteiger charge is -2.09. The van der Waals surface area contributed by atoms with Gasteiger partial charge in [0.15, 0.2) is 0 Å². The van der Waals surface area contributed by atoms with E-state index in [4.69, 9.17) is 5.73 Å². The number of carbonyl (C=O) groups is 1. The number of hydrogen-bond donors (Lipinski definition) is 3. The number of primary amides is 1.